The number of esters is 1. The Hall–Kier alpha value is -1.88. The van der Waals surface area contributed by atoms with Crippen LogP contribution >= 0.6 is 0 Å². The van der Waals surface area contributed by atoms with E-state index in [2.05, 4.69) is 26.8 Å². The lowest BCUT2D eigenvalue weighted by atomic mass is 9.47. The average Bonchev–Trinajstić information content (AvgIpc) is 3.34. The number of ketones is 1. The van der Waals surface area contributed by atoms with E-state index in [4.69, 9.17) is 14.2 Å². The highest BCUT2D eigenvalue weighted by atomic mass is 16.7. The van der Waals surface area contributed by atoms with E-state index in [1.165, 1.54) is 5.57 Å². The Morgan fingerprint density at radius 3 is 2.56 bits per heavy atom. The second-order valence-electron chi connectivity index (χ2n) is 14.5. The largest absolute Gasteiger partial charge is 0.458 e. The predicted octanol–water partition coefficient (Wildman–Crippen LogP) is 3.00. The molecule has 3 fully saturated rings. The summed E-state index contributed by atoms with van der Waals surface area (Å²) in [6, 6.07) is 0. The number of carbonyl (C=O) groups is 2. The number of aliphatic hydroxyl groups is 4. The summed E-state index contributed by atoms with van der Waals surface area (Å²) in [5, 5.41) is 39.8. The van der Waals surface area contributed by atoms with Crippen LogP contribution in [-0.4, -0.2) is 82.2 Å². The molecule has 0 radical (unpaired) electrons. The molecule has 0 amide bonds. The van der Waals surface area contributed by atoms with E-state index in [1.54, 1.807) is 0 Å². The zero-order valence-corrected chi connectivity index (χ0v) is 25.8. The SMILES string of the molecule is CC1=C(COC2OC(CO)C(O)C(O)C2O)C(=O)OC(C(C)C2CCC3C4CC=C5CC=CC(=O)C5(C)C4CCC23C)C1. The Labute approximate surface area is 254 Å². The number of aliphatic hydroxyl groups excluding tert-OH is 4. The van der Waals surface area contributed by atoms with Gasteiger partial charge in [-0.05, 0) is 93.5 Å². The molecular weight excluding hydrogens is 552 g/mol. The number of rotatable bonds is 6. The van der Waals surface area contributed by atoms with Gasteiger partial charge in [-0.15, -0.1) is 0 Å². The van der Waals surface area contributed by atoms with Crippen molar-refractivity contribution < 1.29 is 44.2 Å². The highest BCUT2D eigenvalue weighted by Crippen LogP contribution is 2.66. The minimum atomic E-state index is -1.55. The fourth-order valence-corrected chi connectivity index (χ4v) is 10.0. The molecule has 0 aromatic carbocycles. The van der Waals surface area contributed by atoms with Crippen molar-refractivity contribution in [1.82, 2.24) is 0 Å². The van der Waals surface area contributed by atoms with E-state index >= 15 is 0 Å². The highest BCUT2D eigenvalue weighted by molar-refractivity contribution is 5.98. The van der Waals surface area contributed by atoms with E-state index in [0.717, 1.165) is 44.1 Å². The maximum absolute atomic E-state index is 13.2. The van der Waals surface area contributed by atoms with Crippen molar-refractivity contribution >= 4 is 11.8 Å². The molecule has 6 aliphatic rings. The molecule has 2 saturated carbocycles. The van der Waals surface area contributed by atoms with E-state index in [1.807, 2.05) is 19.1 Å². The van der Waals surface area contributed by atoms with Crippen LogP contribution in [0.3, 0.4) is 0 Å². The minimum Gasteiger partial charge on any atom is -0.458 e. The summed E-state index contributed by atoms with van der Waals surface area (Å²) in [7, 11) is 0. The molecule has 1 saturated heterocycles. The summed E-state index contributed by atoms with van der Waals surface area (Å²) in [5.41, 5.74) is 2.31. The molecule has 13 unspecified atom stereocenters. The molecule has 0 bridgehead atoms. The summed E-state index contributed by atoms with van der Waals surface area (Å²) in [6.45, 7) is 8.03. The molecule has 9 heteroatoms. The third kappa shape index (κ3) is 4.90. The van der Waals surface area contributed by atoms with E-state index in [-0.39, 0.29) is 35.2 Å². The first-order valence-electron chi connectivity index (χ1n) is 16.1. The van der Waals surface area contributed by atoms with Crippen molar-refractivity contribution in [3.8, 4) is 0 Å². The molecule has 9 nitrogen and oxygen atoms in total. The molecule has 2 aliphatic heterocycles. The molecule has 2 heterocycles. The van der Waals surface area contributed by atoms with Gasteiger partial charge in [0.05, 0.1) is 24.2 Å². The quantitative estimate of drug-likeness (QED) is 0.267. The third-order valence-electron chi connectivity index (χ3n) is 12.7. The average molecular weight is 601 g/mol. The van der Waals surface area contributed by atoms with Gasteiger partial charge >= 0.3 is 5.97 Å². The van der Waals surface area contributed by atoms with Crippen LogP contribution < -0.4 is 0 Å². The second-order valence-corrected chi connectivity index (χ2v) is 14.5. The molecule has 6 rings (SSSR count). The van der Waals surface area contributed by atoms with Crippen LogP contribution in [0.2, 0.25) is 0 Å². The summed E-state index contributed by atoms with van der Waals surface area (Å²) in [4.78, 5) is 26.5. The van der Waals surface area contributed by atoms with Crippen LogP contribution in [0, 0.1) is 40.4 Å². The number of allylic oxidation sites excluding steroid dienone is 4. The van der Waals surface area contributed by atoms with Crippen LogP contribution in [0.5, 0.6) is 0 Å². The van der Waals surface area contributed by atoms with E-state index in [9.17, 15) is 30.0 Å². The Morgan fingerprint density at radius 1 is 1.07 bits per heavy atom. The van der Waals surface area contributed by atoms with Gasteiger partial charge in [0.1, 0.15) is 30.5 Å². The normalized spacial score (nSPS) is 46.9. The van der Waals surface area contributed by atoms with Crippen LogP contribution in [0.4, 0.5) is 0 Å². The Balaban J connectivity index is 1.12. The first kappa shape index (κ1) is 31.1. The number of carbonyl (C=O) groups excluding carboxylic acids is 2. The zero-order chi connectivity index (χ0) is 30.8. The van der Waals surface area contributed by atoms with Crippen molar-refractivity contribution in [3.05, 3.63) is 34.9 Å². The number of hydrogen-bond acceptors (Lipinski definition) is 9. The third-order valence-corrected chi connectivity index (χ3v) is 12.7. The fourth-order valence-electron chi connectivity index (χ4n) is 10.0. The first-order valence-corrected chi connectivity index (χ1v) is 16.1. The molecule has 0 aromatic heterocycles. The maximum Gasteiger partial charge on any atom is 0.336 e. The van der Waals surface area contributed by atoms with Crippen LogP contribution in [0.1, 0.15) is 72.6 Å². The van der Waals surface area contributed by atoms with E-state index in [0.29, 0.717) is 35.7 Å². The molecule has 238 valence electrons. The zero-order valence-electron chi connectivity index (χ0n) is 25.8. The molecule has 4 N–H and O–H groups in total. The Morgan fingerprint density at radius 2 is 1.84 bits per heavy atom. The van der Waals surface area contributed by atoms with Crippen LogP contribution in [0.25, 0.3) is 0 Å². The Bertz CT molecular complexity index is 1220. The molecule has 13 atom stereocenters. The van der Waals surface area contributed by atoms with Crippen molar-refractivity contribution in [2.24, 2.45) is 40.4 Å². The molecule has 43 heavy (non-hydrogen) atoms. The lowest BCUT2D eigenvalue weighted by Crippen LogP contribution is -2.59. The van der Waals surface area contributed by atoms with Crippen LogP contribution in [-0.2, 0) is 23.8 Å². The van der Waals surface area contributed by atoms with Gasteiger partial charge in [-0.25, -0.2) is 4.79 Å². The second kappa shape index (κ2) is 11.5. The molecule has 4 aliphatic carbocycles. The van der Waals surface area contributed by atoms with Gasteiger partial charge in [0, 0.05) is 6.42 Å². The summed E-state index contributed by atoms with van der Waals surface area (Å²) in [5.74, 6) is 1.84. The van der Waals surface area contributed by atoms with Crippen molar-refractivity contribution in [3.63, 3.8) is 0 Å². The van der Waals surface area contributed by atoms with Crippen molar-refractivity contribution in [2.75, 3.05) is 13.2 Å². The first-order chi connectivity index (χ1) is 20.4. The van der Waals surface area contributed by atoms with Gasteiger partial charge in [0.25, 0.3) is 0 Å². The Kier molecular flexibility index (Phi) is 8.31. The van der Waals surface area contributed by atoms with Gasteiger partial charge in [-0.2, -0.15) is 0 Å². The highest BCUT2D eigenvalue weighted by Gasteiger charge is 2.61. The van der Waals surface area contributed by atoms with Crippen molar-refractivity contribution in [1.29, 1.82) is 0 Å². The monoisotopic (exact) mass is 600 g/mol. The standard InChI is InChI=1S/C34H48O9/c1-17-14-25(42-31(40)21(17)16-41-32-30(39)29(38)28(37)26(15-35)43-32)18(2)22-10-11-23-20-9-8-19-6-5-7-27(36)34(19,4)24(20)12-13-33(22,23)3/h5,7-8,18,20,22-26,28-30,32,35,37-39H,6,9-16H2,1-4H3. The lowest BCUT2D eigenvalue weighted by molar-refractivity contribution is -0.299. The molecule has 0 spiro atoms. The number of hydrogen-bond donors (Lipinski definition) is 4. The summed E-state index contributed by atoms with van der Waals surface area (Å²) >= 11 is 0. The van der Waals surface area contributed by atoms with Gasteiger partial charge in [0.2, 0.25) is 0 Å². The minimum absolute atomic E-state index is 0.131. The molecule has 0 aromatic rings. The van der Waals surface area contributed by atoms with Gasteiger partial charge in [-0.3, -0.25) is 4.79 Å². The maximum atomic E-state index is 13.2. The topological polar surface area (TPSA) is 143 Å². The summed E-state index contributed by atoms with van der Waals surface area (Å²) in [6.07, 6.45) is 5.92. The number of fused-ring (bicyclic) bond motifs is 5. The molecular formula is C34H48O9. The van der Waals surface area contributed by atoms with Gasteiger partial charge in [0.15, 0.2) is 12.1 Å². The van der Waals surface area contributed by atoms with E-state index < -0.39 is 43.3 Å². The number of cyclic esters (lactones) is 1. The summed E-state index contributed by atoms with van der Waals surface area (Å²) < 4.78 is 17.1. The lowest BCUT2D eigenvalue weighted by Gasteiger charge is -2.57. The van der Waals surface area contributed by atoms with Crippen molar-refractivity contribution in [2.45, 2.75) is 109 Å². The van der Waals surface area contributed by atoms with Crippen LogP contribution in [0.15, 0.2) is 34.9 Å². The number of ether oxygens (including phenoxy) is 3. The fraction of sp³-hybridized carbons (Fsp3) is 0.765. The van der Waals surface area contributed by atoms with Gasteiger partial charge < -0.3 is 34.6 Å². The predicted molar refractivity (Wildman–Crippen MR) is 156 cm³/mol. The smallest absolute Gasteiger partial charge is 0.336 e. The van der Waals surface area contributed by atoms with Gasteiger partial charge in [-0.1, -0.05) is 37.1 Å².